The van der Waals surface area contributed by atoms with Crippen LogP contribution in [0, 0.1) is 5.82 Å². The lowest BCUT2D eigenvalue weighted by molar-refractivity contribution is -0.275. The van der Waals surface area contributed by atoms with E-state index < -0.39 is 23.9 Å². The number of halogens is 4. The van der Waals surface area contributed by atoms with E-state index in [-0.39, 0.29) is 17.6 Å². The van der Waals surface area contributed by atoms with Crippen LogP contribution in [-0.4, -0.2) is 39.9 Å². The van der Waals surface area contributed by atoms with Gasteiger partial charge in [-0.2, -0.15) is 0 Å². The van der Waals surface area contributed by atoms with Gasteiger partial charge in [0, 0.05) is 18.8 Å². The van der Waals surface area contributed by atoms with Gasteiger partial charge in [0.25, 0.3) is 5.91 Å². The molecule has 0 bridgehead atoms. The van der Waals surface area contributed by atoms with Crippen molar-refractivity contribution in [2.24, 2.45) is 0 Å². The summed E-state index contributed by atoms with van der Waals surface area (Å²) in [6.45, 7) is 0.500. The van der Waals surface area contributed by atoms with Gasteiger partial charge in [0.05, 0.1) is 18.2 Å². The first-order valence-corrected chi connectivity index (χ1v) is 9.72. The van der Waals surface area contributed by atoms with E-state index in [2.05, 4.69) is 20.0 Å². The molecule has 1 amide bonds. The lowest BCUT2D eigenvalue weighted by Crippen LogP contribution is -2.32. The fourth-order valence-corrected chi connectivity index (χ4v) is 2.90. The lowest BCUT2D eigenvalue weighted by atomic mass is 10.1. The molecule has 0 spiro atoms. The third-order valence-electron chi connectivity index (χ3n) is 4.41. The van der Waals surface area contributed by atoms with Gasteiger partial charge in [0.2, 0.25) is 0 Å². The summed E-state index contributed by atoms with van der Waals surface area (Å²) in [4.78, 5) is 31.0. The fourth-order valence-electron chi connectivity index (χ4n) is 2.90. The summed E-state index contributed by atoms with van der Waals surface area (Å²) in [7, 11) is 0. The monoisotopic (exact) mass is 479 g/mol. The number of carboxylic acids is 1. The highest BCUT2D eigenvalue weighted by atomic mass is 19.4. The van der Waals surface area contributed by atoms with E-state index in [1.54, 1.807) is 12.3 Å². The molecule has 0 aliphatic carbocycles. The Kier molecular flexibility index (Phi) is 7.61. The van der Waals surface area contributed by atoms with Crippen molar-refractivity contribution in [1.82, 2.24) is 15.3 Å². The highest BCUT2D eigenvalue weighted by Crippen LogP contribution is 2.29. The topological polar surface area (TPSA) is 111 Å². The van der Waals surface area contributed by atoms with Crippen molar-refractivity contribution in [2.45, 2.75) is 18.8 Å². The minimum atomic E-state index is -4.85. The summed E-state index contributed by atoms with van der Waals surface area (Å²) in [6, 6.07) is 10.4. The molecule has 0 fully saturated rings. The van der Waals surface area contributed by atoms with Crippen LogP contribution in [0.2, 0.25) is 0 Å². The molecule has 1 atom stereocenters. The molecule has 2 aromatic heterocycles. The Morgan fingerprint density at radius 1 is 1.09 bits per heavy atom. The van der Waals surface area contributed by atoms with E-state index >= 15 is 0 Å². The number of benzene rings is 1. The van der Waals surface area contributed by atoms with Crippen LogP contribution in [0.15, 0.2) is 60.9 Å². The van der Waals surface area contributed by atoms with Gasteiger partial charge in [0.1, 0.15) is 17.1 Å². The van der Waals surface area contributed by atoms with Crippen molar-refractivity contribution in [3.63, 3.8) is 0 Å². The summed E-state index contributed by atoms with van der Waals surface area (Å²) >= 11 is 0. The Hall–Kier alpha value is -4.22. The summed E-state index contributed by atoms with van der Waals surface area (Å²) in [5, 5.41) is 11.7. The van der Waals surface area contributed by atoms with Crippen molar-refractivity contribution < 1.29 is 41.7 Å². The van der Waals surface area contributed by atoms with Crippen molar-refractivity contribution >= 4 is 11.9 Å². The number of ether oxygens (including phenoxy) is 2. The predicted octanol–water partition coefficient (Wildman–Crippen LogP) is 4.15. The zero-order chi connectivity index (χ0) is 24.7. The molecular weight excluding hydrogens is 462 g/mol. The second-order valence-electron chi connectivity index (χ2n) is 6.77. The Morgan fingerprint density at radius 3 is 2.50 bits per heavy atom. The number of carbonyl (C=O) groups excluding carboxylic acids is 1. The van der Waals surface area contributed by atoms with Gasteiger partial charge in [0.15, 0.2) is 11.6 Å². The molecular formula is C22H17F4N3O5. The predicted molar refractivity (Wildman–Crippen MR) is 109 cm³/mol. The normalized spacial score (nSPS) is 14.5. The maximum atomic E-state index is 12.5. The molecule has 3 heterocycles. The molecule has 34 heavy (non-hydrogen) atoms. The third-order valence-corrected chi connectivity index (χ3v) is 4.41. The molecule has 8 nitrogen and oxygen atoms in total. The standard InChI is InChI=1S/C15H13N3O4.C7H4F4O/c19-14(9-3-4-11(15(20)21)17-8-9)18-10-5-7-22-12-2-1-6-16-13(10)12;8-5-3-1-2-4-6(5)12-7(9,10)11/h1-4,6,8,10H,5,7H2,(H,18,19)(H,20,21);1-4H. The number of aromatic carboxylic acids is 1. The number of carbonyl (C=O) groups is 2. The van der Waals surface area contributed by atoms with Crippen LogP contribution in [0.3, 0.4) is 0 Å². The number of hydrogen-bond donors (Lipinski definition) is 2. The van der Waals surface area contributed by atoms with E-state index in [1.807, 2.05) is 6.07 Å². The molecule has 1 aromatic carbocycles. The van der Waals surface area contributed by atoms with E-state index in [0.29, 0.717) is 30.0 Å². The number of nitrogens with one attached hydrogen (secondary N) is 1. The van der Waals surface area contributed by atoms with Gasteiger partial charge in [-0.3, -0.25) is 9.78 Å². The second kappa shape index (κ2) is 10.6. The van der Waals surface area contributed by atoms with Crippen LogP contribution in [0.5, 0.6) is 11.5 Å². The first kappa shape index (κ1) is 24.4. The number of fused-ring (bicyclic) bond motifs is 1. The molecule has 4 rings (SSSR count). The maximum Gasteiger partial charge on any atom is 0.573 e. The highest BCUT2D eigenvalue weighted by Gasteiger charge is 2.32. The van der Waals surface area contributed by atoms with Crippen molar-refractivity contribution in [3.05, 3.63) is 83.7 Å². The van der Waals surface area contributed by atoms with Gasteiger partial charge >= 0.3 is 12.3 Å². The zero-order valence-electron chi connectivity index (χ0n) is 17.3. The van der Waals surface area contributed by atoms with Crippen LogP contribution in [0.25, 0.3) is 0 Å². The summed E-state index contributed by atoms with van der Waals surface area (Å²) in [5.74, 6) is -2.64. The third kappa shape index (κ3) is 6.64. The van der Waals surface area contributed by atoms with Crippen molar-refractivity contribution in [1.29, 1.82) is 0 Å². The number of aromatic nitrogens is 2. The van der Waals surface area contributed by atoms with Crippen LogP contribution in [0.4, 0.5) is 17.6 Å². The van der Waals surface area contributed by atoms with Crippen LogP contribution in [0.1, 0.15) is 39.0 Å². The lowest BCUT2D eigenvalue weighted by Gasteiger charge is -2.25. The van der Waals surface area contributed by atoms with Gasteiger partial charge in [-0.15, -0.1) is 13.2 Å². The number of rotatable bonds is 4. The van der Waals surface area contributed by atoms with Gasteiger partial charge < -0.3 is 19.9 Å². The summed E-state index contributed by atoms with van der Waals surface area (Å²) in [6.07, 6.45) is -1.33. The summed E-state index contributed by atoms with van der Waals surface area (Å²) < 4.78 is 55.9. The SMILES string of the molecule is Fc1ccccc1OC(F)(F)F.O=C(NC1CCOc2cccnc21)c1ccc(C(=O)O)nc1. The maximum absolute atomic E-state index is 12.5. The number of nitrogens with zero attached hydrogens (tertiary/aromatic N) is 2. The number of carboxylic acid groups (broad SMARTS) is 1. The van der Waals surface area contributed by atoms with Crippen molar-refractivity contribution in [3.8, 4) is 11.5 Å². The quantitative estimate of drug-likeness (QED) is 0.541. The molecule has 0 saturated heterocycles. The Bertz CT molecular complexity index is 1160. The molecule has 12 heteroatoms. The van der Waals surface area contributed by atoms with Crippen molar-refractivity contribution in [2.75, 3.05) is 6.61 Å². The molecule has 1 unspecified atom stereocenters. The van der Waals surface area contributed by atoms with Crippen LogP contribution in [-0.2, 0) is 0 Å². The fraction of sp³-hybridized carbons (Fsp3) is 0.182. The molecule has 1 aliphatic heterocycles. The molecule has 0 saturated carbocycles. The van der Waals surface area contributed by atoms with Gasteiger partial charge in [-0.1, -0.05) is 12.1 Å². The average molecular weight is 479 g/mol. The molecule has 3 aromatic rings. The summed E-state index contributed by atoms with van der Waals surface area (Å²) in [5.41, 5.74) is 0.890. The van der Waals surface area contributed by atoms with E-state index in [9.17, 15) is 27.2 Å². The van der Waals surface area contributed by atoms with Gasteiger partial charge in [-0.25, -0.2) is 14.2 Å². The molecule has 1 aliphatic rings. The molecule has 178 valence electrons. The smallest absolute Gasteiger partial charge is 0.491 e. The van der Waals surface area contributed by atoms with E-state index in [0.717, 1.165) is 12.1 Å². The van der Waals surface area contributed by atoms with Crippen LogP contribution < -0.4 is 14.8 Å². The highest BCUT2D eigenvalue weighted by molar-refractivity contribution is 5.95. The molecule has 0 radical (unpaired) electrons. The first-order valence-electron chi connectivity index (χ1n) is 9.72. The van der Waals surface area contributed by atoms with Crippen LogP contribution >= 0.6 is 0 Å². The second-order valence-corrected chi connectivity index (χ2v) is 6.77. The minimum absolute atomic E-state index is 0.102. The number of amides is 1. The Morgan fingerprint density at radius 2 is 1.85 bits per heavy atom. The number of para-hydroxylation sites is 1. The largest absolute Gasteiger partial charge is 0.573 e. The Labute approximate surface area is 190 Å². The van der Waals surface area contributed by atoms with E-state index in [1.165, 1.54) is 30.5 Å². The number of alkyl halides is 3. The minimum Gasteiger partial charge on any atom is -0.491 e. The number of hydrogen-bond acceptors (Lipinski definition) is 6. The van der Waals surface area contributed by atoms with E-state index in [4.69, 9.17) is 9.84 Å². The Balaban J connectivity index is 0.000000229. The first-order chi connectivity index (χ1) is 16.1. The zero-order valence-corrected chi connectivity index (χ0v) is 17.3. The molecule has 2 N–H and O–H groups in total. The average Bonchev–Trinajstić information content (AvgIpc) is 2.80. The number of pyridine rings is 2. The van der Waals surface area contributed by atoms with Gasteiger partial charge in [-0.05, 0) is 36.4 Å².